The number of nitrogens with zero attached hydrogens (tertiary/aromatic N) is 2. The number of oxime groups is 1. The maximum atomic E-state index is 9.01. The van der Waals surface area contributed by atoms with Gasteiger partial charge in [-0.3, -0.25) is 0 Å². The Morgan fingerprint density at radius 1 is 1.33 bits per heavy atom. The summed E-state index contributed by atoms with van der Waals surface area (Å²) in [6.45, 7) is 5.44. The van der Waals surface area contributed by atoms with E-state index in [1.54, 1.807) is 0 Å². The Morgan fingerprint density at radius 3 is 2.94 bits per heavy atom. The fraction of sp³-hybridized carbons (Fsp3) is 0.500. The van der Waals surface area contributed by atoms with Crippen LogP contribution in [0.2, 0.25) is 0 Å². The lowest BCUT2D eigenvalue weighted by molar-refractivity contribution is 0.141. The Bertz CT molecular complexity index is 418. The average molecular weight is 248 g/mol. The van der Waals surface area contributed by atoms with Crippen molar-refractivity contribution in [2.24, 2.45) is 5.16 Å². The zero-order valence-electron chi connectivity index (χ0n) is 10.8. The Labute approximate surface area is 108 Å². The second-order valence-corrected chi connectivity index (χ2v) is 4.41. The Morgan fingerprint density at radius 2 is 2.17 bits per heavy atom. The maximum absolute atomic E-state index is 9.01. The first kappa shape index (κ1) is 12.9. The van der Waals surface area contributed by atoms with Crippen molar-refractivity contribution >= 4 is 11.4 Å². The lowest BCUT2D eigenvalue weighted by Gasteiger charge is -2.31. The van der Waals surface area contributed by atoms with Gasteiger partial charge in [0.2, 0.25) is 0 Å². The first-order chi connectivity index (χ1) is 8.86. The highest BCUT2D eigenvalue weighted by Gasteiger charge is 2.21. The maximum Gasteiger partial charge on any atom is 0.0906 e. The monoisotopic (exact) mass is 248 g/mol. The van der Waals surface area contributed by atoms with Gasteiger partial charge in [-0.15, -0.1) is 0 Å². The molecule has 4 heteroatoms. The molecule has 4 nitrogen and oxygen atoms in total. The van der Waals surface area contributed by atoms with E-state index in [1.165, 1.54) is 0 Å². The van der Waals surface area contributed by atoms with E-state index >= 15 is 0 Å². The van der Waals surface area contributed by atoms with Crippen LogP contribution >= 0.6 is 0 Å². The van der Waals surface area contributed by atoms with Gasteiger partial charge in [-0.1, -0.05) is 30.3 Å². The quantitative estimate of drug-likeness (QED) is 0.494. The zero-order valence-corrected chi connectivity index (χ0v) is 10.8. The van der Waals surface area contributed by atoms with Crippen molar-refractivity contribution in [1.82, 2.24) is 0 Å². The van der Waals surface area contributed by atoms with Crippen LogP contribution in [0, 0.1) is 0 Å². The van der Waals surface area contributed by atoms with Crippen LogP contribution in [0.25, 0.3) is 0 Å². The Kier molecular flexibility index (Phi) is 4.59. The van der Waals surface area contributed by atoms with Crippen molar-refractivity contribution < 1.29 is 9.94 Å². The molecule has 0 amide bonds. The van der Waals surface area contributed by atoms with Gasteiger partial charge >= 0.3 is 0 Å². The van der Waals surface area contributed by atoms with E-state index in [9.17, 15) is 0 Å². The number of para-hydroxylation sites is 1. The fourth-order valence-electron chi connectivity index (χ4n) is 2.25. The van der Waals surface area contributed by atoms with E-state index in [2.05, 4.69) is 23.0 Å². The number of rotatable bonds is 5. The summed E-state index contributed by atoms with van der Waals surface area (Å²) in [6, 6.07) is 8.06. The Balaban J connectivity index is 2.06. The predicted octanol–water partition coefficient (Wildman–Crippen LogP) is 2.50. The third-order valence-electron chi connectivity index (χ3n) is 3.15. The first-order valence-electron chi connectivity index (χ1n) is 6.50. The van der Waals surface area contributed by atoms with Crippen LogP contribution in [0.15, 0.2) is 29.4 Å². The number of hydrogen-bond acceptors (Lipinski definition) is 4. The van der Waals surface area contributed by atoms with Gasteiger partial charge in [0.25, 0.3) is 0 Å². The van der Waals surface area contributed by atoms with Crippen LogP contribution in [-0.4, -0.2) is 37.2 Å². The number of anilines is 1. The molecule has 1 aromatic rings. The second-order valence-electron chi connectivity index (χ2n) is 4.41. The summed E-state index contributed by atoms with van der Waals surface area (Å²) in [4.78, 5) is 2.29. The number of fused-ring (bicyclic) bond motifs is 1. The van der Waals surface area contributed by atoms with Crippen molar-refractivity contribution in [1.29, 1.82) is 0 Å². The molecule has 1 aliphatic rings. The lowest BCUT2D eigenvalue weighted by Crippen LogP contribution is -2.35. The molecule has 0 spiro atoms. The molecule has 0 aliphatic carbocycles. The molecule has 2 rings (SSSR count). The summed E-state index contributed by atoms with van der Waals surface area (Å²) < 4.78 is 5.53. The highest BCUT2D eigenvalue weighted by molar-refractivity contribution is 6.06. The van der Waals surface area contributed by atoms with Gasteiger partial charge in [0.15, 0.2) is 0 Å². The normalized spacial score (nSPS) is 16.9. The number of benzene rings is 1. The van der Waals surface area contributed by atoms with Crippen molar-refractivity contribution in [2.45, 2.75) is 19.8 Å². The highest BCUT2D eigenvalue weighted by Crippen LogP contribution is 2.26. The fourth-order valence-corrected chi connectivity index (χ4v) is 2.25. The third-order valence-corrected chi connectivity index (χ3v) is 3.15. The average Bonchev–Trinajstić information content (AvgIpc) is 2.43. The van der Waals surface area contributed by atoms with Crippen LogP contribution in [-0.2, 0) is 4.74 Å². The van der Waals surface area contributed by atoms with E-state index < -0.39 is 0 Å². The minimum atomic E-state index is 0.744. The van der Waals surface area contributed by atoms with Crippen molar-refractivity contribution in [3.8, 4) is 0 Å². The largest absolute Gasteiger partial charge is 0.411 e. The summed E-state index contributed by atoms with van der Waals surface area (Å²) >= 11 is 0. The second kappa shape index (κ2) is 6.40. The number of ether oxygens (including phenoxy) is 1. The van der Waals surface area contributed by atoms with Gasteiger partial charge in [0.05, 0.1) is 12.3 Å². The number of hydrogen-bond donors (Lipinski definition) is 1. The molecule has 1 heterocycles. The molecule has 0 bridgehead atoms. The molecule has 0 aromatic heterocycles. The Hall–Kier alpha value is -1.55. The molecule has 0 unspecified atom stereocenters. The summed E-state index contributed by atoms with van der Waals surface area (Å²) in [5, 5.41) is 12.4. The third kappa shape index (κ3) is 2.82. The lowest BCUT2D eigenvalue weighted by atomic mass is 10.00. The molecule has 1 aromatic carbocycles. The zero-order chi connectivity index (χ0) is 12.8. The van der Waals surface area contributed by atoms with Gasteiger partial charge in [-0.2, -0.15) is 0 Å². The first-order valence-corrected chi connectivity index (χ1v) is 6.50. The smallest absolute Gasteiger partial charge is 0.0906 e. The summed E-state index contributed by atoms with van der Waals surface area (Å²) in [7, 11) is 0. The molecule has 0 atom stereocenters. The highest BCUT2D eigenvalue weighted by atomic mass is 16.5. The molecule has 0 fully saturated rings. The van der Waals surface area contributed by atoms with Crippen molar-refractivity contribution in [3.63, 3.8) is 0 Å². The van der Waals surface area contributed by atoms with Crippen LogP contribution < -0.4 is 4.90 Å². The van der Waals surface area contributed by atoms with Crippen LogP contribution in [0.5, 0.6) is 0 Å². The summed E-state index contributed by atoms with van der Waals surface area (Å²) in [5.74, 6) is 0. The van der Waals surface area contributed by atoms with Crippen LogP contribution in [0.1, 0.15) is 25.3 Å². The van der Waals surface area contributed by atoms with Gasteiger partial charge in [0.1, 0.15) is 0 Å². The van der Waals surface area contributed by atoms with Crippen LogP contribution in [0.3, 0.4) is 0 Å². The molecule has 1 aliphatic heterocycles. The van der Waals surface area contributed by atoms with E-state index in [-0.39, 0.29) is 0 Å². The molecular weight excluding hydrogens is 228 g/mol. The predicted molar refractivity (Wildman–Crippen MR) is 72.7 cm³/mol. The van der Waals surface area contributed by atoms with E-state index in [4.69, 9.17) is 9.94 Å². The standard InChI is InChI=1S/C14H20N2O2/c1-2-10-18-11-9-16-8-7-13(15-17)12-5-3-4-6-14(12)16/h3-6,17H,2,7-11H2,1H3/b15-13-. The van der Waals surface area contributed by atoms with Gasteiger partial charge < -0.3 is 14.8 Å². The SMILES string of the molecule is CCCOCCN1CC/C(=N/O)c2ccccc21. The minimum absolute atomic E-state index is 0.744. The molecule has 1 N–H and O–H groups in total. The molecule has 0 saturated carbocycles. The molecule has 0 saturated heterocycles. The van der Waals surface area contributed by atoms with Gasteiger partial charge in [-0.25, -0.2) is 0 Å². The summed E-state index contributed by atoms with van der Waals surface area (Å²) in [6.07, 6.45) is 1.83. The minimum Gasteiger partial charge on any atom is -0.411 e. The summed E-state index contributed by atoms with van der Waals surface area (Å²) in [5.41, 5.74) is 2.94. The van der Waals surface area contributed by atoms with Crippen molar-refractivity contribution in [2.75, 3.05) is 31.2 Å². The molecule has 98 valence electrons. The van der Waals surface area contributed by atoms with E-state index in [1.807, 2.05) is 18.2 Å². The van der Waals surface area contributed by atoms with Gasteiger partial charge in [-0.05, 0) is 12.5 Å². The van der Waals surface area contributed by atoms with Crippen LogP contribution in [0.4, 0.5) is 5.69 Å². The van der Waals surface area contributed by atoms with Gasteiger partial charge in [0, 0.05) is 37.4 Å². The molecule has 0 radical (unpaired) electrons. The topological polar surface area (TPSA) is 45.1 Å². The molecule has 18 heavy (non-hydrogen) atoms. The van der Waals surface area contributed by atoms with E-state index in [0.717, 1.165) is 56.1 Å². The van der Waals surface area contributed by atoms with Crippen molar-refractivity contribution in [3.05, 3.63) is 29.8 Å². The molecular formula is C14H20N2O2. The van der Waals surface area contributed by atoms with E-state index in [0.29, 0.717) is 0 Å².